The fraction of sp³-hybridized carbons (Fsp3) is 0.500. The lowest BCUT2D eigenvalue weighted by Gasteiger charge is -2.22. The highest BCUT2D eigenvalue weighted by molar-refractivity contribution is 5.81. The summed E-state index contributed by atoms with van der Waals surface area (Å²) in [6.07, 6.45) is 2.08. The number of carbonyl (C=O) groups excluding carboxylic acids is 2. The van der Waals surface area contributed by atoms with Crippen LogP contribution in [0.15, 0.2) is 24.3 Å². The lowest BCUT2D eigenvalue weighted by molar-refractivity contribution is -0.146. The fourth-order valence-electron chi connectivity index (χ4n) is 2.20. The van der Waals surface area contributed by atoms with Crippen LogP contribution in [-0.2, 0) is 20.9 Å². The molecular formula is C16H20FNO3. The molecule has 1 aliphatic carbocycles. The first-order valence-corrected chi connectivity index (χ1v) is 7.30. The van der Waals surface area contributed by atoms with Crippen molar-refractivity contribution in [2.45, 2.75) is 45.2 Å². The van der Waals surface area contributed by atoms with Crippen molar-refractivity contribution >= 4 is 11.9 Å². The summed E-state index contributed by atoms with van der Waals surface area (Å²) in [7, 11) is 0. The zero-order valence-corrected chi connectivity index (χ0v) is 12.2. The average Bonchev–Trinajstić information content (AvgIpc) is 3.29. The number of ether oxygens (including phenoxy) is 1. The largest absolute Gasteiger partial charge is 0.466 e. The van der Waals surface area contributed by atoms with E-state index in [-0.39, 0.29) is 43.1 Å². The Morgan fingerprint density at radius 2 is 2.00 bits per heavy atom. The van der Waals surface area contributed by atoms with Crippen LogP contribution in [0.1, 0.15) is 38.2 Å². The van der Waals surface area contributed by atoms with Crippen LogP contribution in [-0.4, -0.2) is 29.4 Å². The smallest absolute Gasteiger partial charge is 0.306 e. The fourth-order valence-corrected chi connectivity index (χ4v) is 2.20. The number of halogens is 1. The van der Waals surface area contributed by atoms with Gasteiger partial charge in [0, 0.05) is 24.6 Å². The topological polar surface area (TPSA) is 46.6 Å². The van der Waals surface area contributed by atoms with Crippen LogP contribution >= 0.6 is 0 Å². The van der Waals surface area contributed by atoms with Crippen LogP contribution in [0, 0.1) is 5.82 Å². The van der Waals surface area contributed by atoms with Gasteiger partial charge in [0.1, 0.15) is 5.82 Å². The molecule has 1 aromatic rings. The Labute approximate surface area is 123 Å². The van der Waals surface area contributed by atoms with E-state index in [2.05, 4.69) is 0 Å². The Morgan fingerprint density at radius 3 is 2.62 bits per heavy atom. The second-order valence-electron chi connectivity index (χ2n) is 5.15. The maximum Gasteiger partial charge on any atom is 0.306 e. The van der Waals surface area contributed by atoms with E-state index in [4.69, 9.17) is 4.74 Å². The lowest BCUT2D eigenvalue weighted by atomic mass is 10.2. The molecule has 1 aliphatic rings. The minimum atomic E-state index is -0.368. The summed E-state index contributed by atoms with van der Waals surface area (Å²) in [6, 6.07) is 6.64. The summed E-state index contributed by atoms with van der Waals surface area (Å²) >= 11 is 0. The average molecular weight is 293 g/mol. The molecule has 21 heavy (non-hydrogen) atoms. The number of carbonyl (C=O) groups is 2. The number of amides is 1. The molecule has 0 saturated heterocycles. The summed E-state index contributed by atoms with van der Waals surface area (Å²) in [4.78, 5) is 25.2. The van der Waals surface area contributed by atoms with Crippen molar-refractivity contribution in [2.75, 3.05) is 6.61 Å². The molecule has 0 spiro atoms. The van der Waals surface area contributed by atoms with Crippen molar-refractivity contribution < 1.29 is 18.7 Å². The molecular weight excluding hydrogens is 273 g/mol. The van der Waals surface area contributed by atoms with Gasteiger partial charge < -0.3 is 9.64 Å². The number of nitrogens with zero attached hydrogens (tertiary/aromatic N) is 1. The maximum absolute atomic E-state index is 13.7. The van der Waals surface area contributed by atoms with Gasteiger partial charge in [-0.05, 0) is 25.8 Å². The van der Waals surface area contributed by atoms with Gasteiger partial charge in [-0.1, -0.05) is 18.2 Å². The molecule has 114 valence electrons. The van der Waals surface area contributed by atoms with Crippen molar-refractivity contribution in [2.24, 2.45) is 0 Å². The number of hydrogen-bond donors (Lipinski definition) is 0. The SMILES string of the molecule is CCOC(=O)CCC(=O)N(Cc1ccccc1F)C1CC1. The van der Waals surface area contributed by atoms with Gasteiger partial charge in [0.25, 0.3) is 0 Å². The molecule has 0 unspecified atom stereocenters. The highest BCUT2D eigenvalue weighted by Crippen LogP contribution is 2.29. The minimum absolute atomic E-state index is 0.0766. The second kappa shape index (κ2) is 7.20. The molecule has 0 aromatic heterocycles. The van der Waals surface area contributed by atoms with Gasteiger partial charge in [-0.25, -0.2) is 4.39 Å². The van der Waals surface area contributed by atoms with E-state index >= 15 is 0 Å². The Kier molecular flexibility index (Phi) is 5.31. The van der Waals surface area contributed by atoms with Gasteiger partial charge in [0.05, 0.1) is 13.0 Å². The van der Waals surface area contributed by atoms with Gasteiger partial charge in [-0.3, -0.25) is 9.59 Å². The molecule has 0 aliphatic heterocycles. The Balaban J connectivity index is 1.94. The number of esters is 1. The molecule has 0 bridgehead atoms. The highest BCUT2D eigenvalue weighted by Gasteiger charge is 2.32. The van der Waals surface area contributed by atoms with Crippen LogP contribution < -0.4 is 0 Å². The van der Waals surface area contributed by atoms with Crippen molar-refractivity contribution in [1.82, 2.24) is 4.90 Å². The van der Waals surface area contributed by atoms with Crippen LogP contribution in [0.25, 0.3) is 0 Å². The summed E-state index contributed by atoms with van der Waals surface area (Å²) in [5, 5.41) is 0. The van der Waals surface area contributed by atoms with Crippen molar-refractivity contribution in [3.05, 3.63) is 35.6 Å². The van der Waals surface area contributed by atoms with Gasteiger partial charge in [-0.2, -0.15) is 0 Å². The van der Waals surface area contributed by atoms with Crippen LogP contribution in [0.3, 0.4) is 0 Å². The minimum Gasteiger partial charge on any atom is -0.466 e. The third kappa shape index (κ3) is 4.55. The molecule has 1 amide bonds. The van der Waals surface area contributed by atoms with E-state index in [0.717, 1.165) is 12.8 Å². The van der Waals surface area contributed by atoms with E-state index in [1.165, 1.54) is 6.07 Å². The van der Waals surface area contributed by atoms with Crippen molar-refractivity contribution in [1.29, 1.82) is 0 Å². The Hall–Kier alpha value is -1.91. The molecule has 1 aromatic carbocycles. The van der Waals surface area contributed by atoms with E-state index < -0.39 is 0 Å². The van der Waals surface area contributed by atoms with E-state index in [9.17, 15) is 14.0 Å². The molecule has 4 nitrogen and oxygen atoms in total. The molecule has 2 rings (SSSR count). The van der Waals surface area contributed by atoms with E-state index in [1.807, 2.05) is 0 Å². The van der Waals surface area contributed by atoms with Gasteiger partial charge in [0.15, 0.2) is 0 Å². The summed E-state index contributed by atoms with van der Waals surface area (Å²) in [5.74, 6) is -0.789. The number of benzene rings is 1. The summed E-state index contributed by atoms with van der Waals surface area (Å²) in [5.41, 5.74) is 0.508. The Bertz CT molecular complexity index is 514. The standard InChI is InChI=1S/C16H20FNO3/c1-2-21-16(20)10-9-15(19)18(13-7-8-13)11-12-5-3-4-6-14(12)17/h3-6,13H,2,7-11H2,1H3. The lowest BCUT2D eigenvalue weighted by Crippen LogP contribution is -2.33. The maximum atomic E-state index is 13.7. The predicted octanol–water partition coefficient (Wildman–Crippen LogP) is 2.66. The predicted molar refractivity (Wildman–Crippen MR) is 75.8 cm³/mol. The zero-order chi connectivity index (χ0) is 15.2. The molecule has 0 atom stereocenters. The normalized spacial score (nSPS) is 13.8. The van der Waals surface area contributed by atoms with Crippen LogP contribution in [0.4, 0.5) is 4.39 Å². The number of hydrogen-bond acceptors (Lipinski definition) is 3. The van der Waals surface area contributed by atoms with Crippen molar-refractivity contribution in [3.63, 3.8) is 0 Å². The summed E-state index contributed by atoms with van der Waals surface area (Å²) < 4.78 is 18.5. The molecule has 1 fully saturated rings. The zero-order valence-electron chi connectivity index (χ0n) is 12.2. The molecule has 0 heterocycles. The third-order valence-corrected chi connectivity index (χ3v) is 3.45. The van der Waals surface area contributed by atoms with Gasteiger partial charge in [0.2, 0.25) is 5.91 Å². The molecule has 0 N–H and O–H groups in total. The monoisotopic (exact) mass is 293 g/mol. The van der Waals surface area contributed by atoms with Crippen LogP contribution in [0.2, 0.25) is 0 Å². The number of rotatable bonds is 7. The van der Waals surface area contributed by atoms with E-state index in [0.29, 0.717) is 12.2 Å². The quantitative estimate of drug-likeness (QED) is 0.726. The first kappa shape index (κ1) is 15.5. The third-order valence-electron chi connectivity index (χ3n) is 3.45. The molecule has 5 heteroatoms. The first-order valence-electron chi connectivity index (χ1n) is 7.30. The van der Waals surface area contributed by atoms with Gasteiger partial charge >= 0.3 is 5.97 Å². The Morgan fingerprint density at radius 1 is 1.29 bits per heavy atom. The highest BCUT2D eigenvalue weighted by atomic mass is 19.1. The van der Waals surface area contributed by atoms with Crippen molar-refractivity contribution in [3.8, 4) is 0 Å². The molecule has 0 radical (unpaired) electrons. The van der Waals surface area contributed by atoms with Crippen LogP contribution in [0.5, 0.6) is 0 Å². The second-order valence-corrected chi connectivity index (χ2v) is 5.15. The van der Waals surface area contributed by atoms with Gasteiger partial charge in [-0.15, -0.1) is 0 Å². The summed E-state index contributed by atoms with van der Waals surface area (Å²) in [6.45, 7) is 2.31. The first-order chi connectivity index (χ1) is 10.1. The van der Waals surface area contributed by atoms with E-state index in [1.54, 1.807) is 30.0 Å². The molecule has 1 saturated carbocycles.